The topological polar surface area (TPSA) is 73.9 Å². The van der Waals surface area contributed by atoms with Gasteiger partial charge < -0.3 is 19.5 Å². The number of nitrogens with one attached hydrogen (secondary N) is 1. The molecule has 24 heavy (non-hydrogen) atoms. The van der Waals surface area contributed by atoms with Crippen molar-refractivity contribution in [1.82, 2.24) is 0 Å². The van der Waals surface area contributed by atoms with Gasteiger partial charge in [-0.25, -0.2) is 4.79 Å². The van der Waals surface area contributed by atoms with Gasteiger partial charge in [-0.05, 0) is 30.3 Å². The molecule has 0 heterocycles. The molecule has 0 bridgehead atoms. The van der Waals surface area contributed by atoms with E-state index in [1.165, 1.54) is 20.3 Å². The molecule has 0 aliphatic heterocycles. The molecule has 0 saturated heterocycles. The van der Waals surface area contributed by atoms with Crippen molar-refractivity contribution in [3.05, 3.63) is 53.1 Å². The summed E-state index contributed by atoms with van der Waals surface area (Å²) in [5.41, 5.74) is 0.690. The minimum Gasteiger partial charge on any atom is -0.497 e. The summed E-state index contributed by atoms with van der Waals surface area (Å²) >= 11 is 5.86. The summed E-state index contributed by atoms with van der Waals surface area (Å²) in [6.07, 6.45) is 0. The van der Waals surface area contributed by atoms with Crippen LogP contribution in [0.2, 0.25) is 5.02 Å². The molecule has 126 valence electrons. The smallest absolute Gasteiger partial charge is 0.342 e. The molecular weight excluding hydrogens is 334 g/mol. The van der Waals surface area contributed by atoms with Gasteiger partial charge in [0.15, 0.2) is 6.61 Å². The molecule has 1 amide bonds. The lowest BCUT2D eigenvalue weighted by molar-refractivity contribution is -0.119. The predicted octanol–water partition coefficient (Wildman–Crippen LogP) is 3.15. The van der Waals surface area contributed by atoms with Crippen LogP contribution in [-0.4, -0.2) is 32.7 Å². The average Bonchev–Trinajstić information content (AvgIpc) is 2.59. The SMILES string of the molecule is COc1cccc(NC(=O)COC(=O)c2cc(Cl)ccc2OC)c1. The average molecular weight is 350 g/mol. The summed E-state index contributed by atoms with van der Waals surface area (Å²) in [5.74, 6) is -0.251. The number of halogens is 1. The van der Waals surface area contributed by atoms with E-state index in [1.54, 1.807) is 36.4 Å². The number of amides is 1. The van der Waals surface area contributed by atoms with Crippen LogP contribution in [-0.2, 0) is 9.53 Å². The fraction of sp³-hybridized carbons (Fsp3) is 0.176. The predicted molar refractivity (Wildman–Crippen MR) is 89.9 cm³/mol. The van der Waals surface area contributed by atoms with E-state index < -0.39 is 18.5 Å². The molecule has 0 saturated carbocycles. The Balaban J connectivity index is 1.96. The van der Waals surface area contributed by atoms with Crippen LogP contribution in [0.25, 0.3) is 0 Å². The maximum absolute atomic E-state index is 12.1. The number of ether oxygens (including phenoxy) is 3. The highest BCUT2D eigenvalue weighted by Crippen LogP contribution is 2.23. The molecule has 0 unspecified atom stereocenters. The molecule has 0 atom stereocenters. The minimum absolute atomic E-state index is 0.152. The Morgan fingerprint density at radius 3 is 2.58 bits per heavy atom. The first-order valence-electron chi connectivity index (χ1n) is 6.98. The van der Waals surface area contributed by atoms with Gasteiger partial charge in [-0.2, -0.15) is 0 Å². The molecule has 7 heteroatoms. The van der Waals surface area contributed by atoms with E-state index in [1.807, 2.05) is 0 Å². The summed E-state index contributed by atoms with van der Waals surface area (Å²) in [4.78, 5) is 24.0. The van der Waals surface area contributed by atoms with Crippen molar-refractivity contribution >= 4 is 29.2 Å². The van der Waals surface area contributed by atoms with E-state index in [-0.39, 0.29) is 5.56 Å². The summed E-state index contributed by atoms with van der Waals surface area (Å²) in [5, 5.41) is 2.97. The number of methoxy groups -OCH3 is 2. The maximum Gasteiger partial charge on any atom is 0.342 e. The lowest BCUT2D eigenvalue weighted by Gasteiger charge is -2.10. The van der Waals surface area contributed by atoms with Gasteiger partial charge in [0.25, 0.3) is 5.91 Å². The highest BCUT2D eigenvalue weighted by atomic mass is 35.5. The molecule has 2 rings (SSSR count). The van der Waals surface area contributed by atoms with Crippen LogP contribution in [0.1, 0.15) is 10.4 Å². The van der Waals surface area contributed by atoms with Gasteiger partial charge in [-0.15, -0.1) is 0 Å². The Hall–Kier alpha value is -2.73. The van der Waals surface area contributed by atoms with Gasteiger partial charge in [0.05, 0.1) is 14.2 Å². The third-order valence-corrected chi connectivity index (χ3v) is 3.30. The van der Waals surface area contributed by atoms with E-state index in [0.717, 1.165) is 0 Å². The molecule has 1 N–H and O–H groups in total. The summed E-state index contributed by atoms with van der Waals surface area (Å²) in [6, 6.07) is 11.4. The van der Waals surface area contributed by atoms with E-state index in [0.29, 0.717) is 22.2 Å². The quantitative estimate of drug-likeness (QED) is 0.811. The van der Waals surface area contributed by atoms with Crippen LogP contribution >= 0.6 is 11.6 Å². The van der Waals surface area contributed by atoms with Crippen molar-refractivity contribution in [1.29, 1.82) is 0 Å². The zero-order valence-corrected chi connectivity index (χ0v) is 13.9. The molecule has 0 radical (unpaired) electrons. The van der Waals surface area contributed by atoms with Crippen LogP contribution in [0.4, 0.5) is 5.69 Å². The first-order chi connectivity index (χ1) is 11.5. The maximum atomic E-state index is 12.1. The highest BCUT2D eigenvalue weighted by molar-refractivity contribution is 6.31. The van der Waals surface area contributed by atoms with Gasteiger partial charge in [-0.3, -0.25) is 4.79 Å². The van der Waals surface area contributed by atoms with E-state index in [4.69, 9.17) is 25.8 Å². The van der Waals surface area contributed by atoms with E-state index in [9.17, 15) is 9.59 Å². The van der Waals surface area contributed by atoms with Crippen LogP contribution in [0.15, 0.2) is 42.5 Å². The van der Waals surface area contributed by atoms with Crippen molar-refractivity contribution in [3.8, 4) is 11.5 Å². The molecule has 0 aromatic heterocycles. The van der Waals surface area contributed by atoms with Crippen molar-refractivity contribution in [2.24, 2.45) is 0 Å². The van der Waals surface area contributed by atoms with Crippen LogP contribution in [0.5, 0.6) is 11.5 Å². The number of hydrogen-bond acceptors (Lipinski definition) is 5. The fourth-order valence-electron chi connectivity index (χ4n) is 1.95. The third kappa shape index (κ3) is 4.63. The molecule has 0 aliphatic carbocycles. The van der Waals surface area contributed by atoms with Gasteiger partial charge in [0, 0.05) is 16.8 Å². The van der Waals surface area contributed by atoms with Gasteiger partial charge in [0.1, 0.15) is 17.1 Å². The van der Waals surface area contributed by atoms with Crippen LogP contribution in [0.3, 0.4) is 0 Å². The normalized spacial score (nSPS) is 9.96. The number of carbonyl (C=O) groups excluding carboxylic acids is 2. The second-order valence-electron chi connectivity index (χ2n) is 4.70. The monoisotopic (exact) mass is 349 g/mol. The van der Waals surface area contributed by atoms with Crippen molar-refractivity contribution in [2.75, 3.05) is 26.1 Å². The Morgan fingerprint density at radius 1 is 1.08 bits per heavy atom. The van der Waals surface area contributed by atoms with Crippen molar-refractivity contribution in [3.63, 3.8) is 0 Å². The standard InChI is InChI=1S/C17H16ClNO5/c1-22-13-5-3-4-12(9-13)19-16(20)10-24-17(21)14-8-11(18)6-7-15(14)23-2/h3-9H,10H2,1-2H3,(H,19,20). The third-order valence-electron chi connectivity index (χ3n) is 3.07. The second-order valence-corrected chi connectivity index (χ2v) is 5.14. The van der Waals surface area contributed by atoms with Crippen molar-refractivity contribution in [2.45, 2.75) is 0 Å². The summed E-state index contributed by atoms with van der Waals surface area (Å²) in [7, 11) is 2.95. The molecule has 0 fully saturated rings. The summed E-state index contributed by atoms with van der Waals surface area (Å²) in [6.45, 7) is -0.439. The number of hydrogen-bond donors (Lipinski definition) is 1. The van der Waals surface area contributed by atoms with E-state index in [2.05, 4.69) is 5.32 Å². The first kappa shape index (κ1) is 17.6. The summed E-state index contributed by atoms with van der Waals surface area (Å²) < 4.78 is 15.1. The van der Waals surface area contributed by atoms with Crippen molar-refractivity contribution < 1.29 is 23.8 Å². The first-order valence-corrected chi connectivity index (χ1v) is 7.36. The molecule has 0 aliphatic rings. The van der Waals surface area contributed by atoms with Gasteiger partial charge in [-0.1, -0.05) is 17.7 Å². The molecule has 6 nitrogen and oxygen atoms in total. The van der Waals surface area contributed by atoms with Crippen LogP contribution in [0, 0.1) is 0 Å². The zero-order chi connectivity index (χ0) is 17.5. The zero-order valence-electron chi connectivity index (χ0n) is 13.2. The minimum atomic E-state index is -0.699. The lowest BCUT2D eigenvalue weighted by atomic mass is 10.2. The highest BCUT2D eigenvalue weighted by Gasteiger charge is 2.16. The van der Waals surface area contributed by atoms with E-state index >= 15 is 0 Å². The molecule has 2 aromatic carbocycles. The molecular formula is C17H16ClNO5. The molecule has 2 aromatic rings. The number of anilines is 1. The molecule has 0 spiro atoms. The number of carbonyl (C=O) groups is 2. The largest absolute Gasteiger partial charge is 0.497 e. The van der Waals surface area contributed by atoms with Gasteiger partial charge in [0.2, 0.25) is 0 Å². The Bertz CT molecular complexity index is 748. The number of esters is 1. The number of benzene rings is 2. The Kier molecular flexibility index (Phi) is 6.03. The van der Waals surface area contributed by atoms with Gasteiger partial charge >= 0.3 is 5.97 Å². The number of rotatable bonds is 6. The fourth-order valence-corrected chi connectivity index (χ4v) is 2.12. The van der Waals surface area contributed by atoms with Crippen LogP contribution < -0.4 is 14.8 Å². The second kappa shape index (κ2) is 8.21. The Labute approximate surface area is 144 Å². The Morgan fingerprint density at radius 2 is 1.88 bits per heavy atom. The lowest BCUT2D eigenvalue weighted by Crippen LogP contribution is -2.21.